The normalized spacial score (nSPS) is 19.1. The molecule has 2 aliphatic rings. The standard InChI is InChI=1S/C26H35N3O3S/c1-4-32-20-8-6-19(7-9-20)27-25(31)24-21-10-5-18(3)15-22(21)33-26(24)28-23(30)16-29-13-11-17(2)12-14-29/h6-9,17-18H,4-5,10-16H2,1-3H3,(H,27,31)(H,28,30)/t18-/m0/s1. The molecule has 178 valence electrons. The summed E-state index contributed by atoms with van der Waals surface area (Å²) in [6, 6.07) is 7.40. The number of rotatable bonds is 7. The smallest absolute Gasteiger partial charge is 0.258 e. The van der Waals surface area contributed by atoms with Gasteiger partial charge in [-0.25, -0.2) is 0 Å². The Balaban J connectivity index is 1.50. The van der Waals surface area contributed by atoms with Gasteiger partial charge in [0, 0.05) is 10.6 Å². The highest BCUT2D eigenvalue weighted by Gasteiger charge is 2.29. The minimum Gasteiger partial charge on any atom is -0.494 e. The molecule has 1 aromatic carbocycles. The van der Waals surface area contributed by atoms with Gasteiger partial charge in [-0.2, -0.15) is 0 Å². The zero-order valence-electron chi connectivity index (χ0n) is 19.9. The fourth-order valence-electron chi connectivity index (χ4n) is 4.66. The van der Waals surface area contributed by atoms with E-state index < -0.39 is 0 Å². The van der Waals surface area contributed by atoms with E-state index in [1.807, 2.05) is 31.2 Å². The van der Waals surface area contributed by atoms with E-state index in [1.165, 1.54) is 4.88 Å². The van der Waals surface area contributed by atoms with Crippen molar-refractivity contribution in [1.82, 2.24) is 4.90 Å². The van der Waals surface area contributed by atoms with Gasteiger partial charge in [0.2, 0.25) is 5.91 Å². The molecule has 7 heteroatoms. The molecule has 2 amide bonds. The number of piperidine rings is 1. The minimum absolute atomic E-state index is 0.0358. The summed E-state index contributed by atoms with van der Waals surface area (Å²) in [6.45, 7) is 9.35. The van der Waals surface area contributed by atoms with Crippen LogP contribution in [0.2, 0.25) is 0 Å². The van der Waals surface area contributed by atoms with Crippen molar-refractivity contribution >= 4 is 33.8 Å². The van der Waals surface area contributed by atoms with E-state index in [0.29, 0.717) is 35.3 Å². The third-order valence-electron chi connectivity index (χ3n) is 6.66. The molecule has 2 heterocycles. The SMILES string of the molecule is CCOc1ccc(NC(=O)c2c(NC(=O)CN3CCC(C)CC3)sc3c2CC[C@H](C)C3)cc1. The van der Waals surface area contributed by atoms with Gasteiger partial charge in [-0.1, -0.05) is 13.8 Å². The Hall–Kier alpha value is -2.38. The van der Waals surface area contributed by atoms with Crippen molar-refractivity contribution in [2.75, 3.05) is 36.9 Å². The molecule has 0 radical (unpaired) electrons. The van der Waals surface area contributed by atoms with Crippen LogP contribution in [0.5, 0.6) is 5.75 Å². The van der Waals surface area contributed by atoms with Gasteiger partial charge >= 0.3 is 0 Å². The number of likely N-dealkylation sites (tertiary alicyclic amines) is 1. The molecule has 1 aliphatic carbocycles. The van der Waals surface area contributed by atoms with Crippen LogP contribution in [0, 0.1) is 11.8 Å². The van der Waals surface area contributed by atoms with Crippen LogP contribution in [0.25, 0.3) is 0 Å². The highest BCUT2D eigenvalue weighted by Crippen LogP contribution is 2.40. The first-order chi connectivity index (χ1) is 15.9. The Morgan fingerprint density at radius 1 is 1.06 bits per heavy atom. The second-order valence-corrected chi connectivity index (χ2v) is 10.6. The molecule has 33 heavy (non-hydrogen) atoms. The minimum atomic E-state index is -0.159. The largest absolute Gasteiger partial charge is 0.494 e. The van der Waals surface area contributed by atoms with E-state index in [4.69, 9.17) is 4.74 Å². The average molecular weight is 470 g/mol. The van der Waals surface area contributed by atoms with Crippen LogP contribution in [0.15, 0.2) is 24.3 Å². The van der Waals surface area contributed by atoms with Crippen LogP contribution in [-0.4, -0.2) is 43.0 Å². The number of thiophene rings is 1. The third-order valence-corrected chi connectivity index (χ3v) is 7.83. The zero-order valence-corrected chi connectivity index (χ0v) is 20.7. The fraction of sp³-hybridized carbons (Fsp3) is 0.538. The lowest BCUT2D eigenvalue weighted by Crippen LogP contribution is -2.38. The highest BCUT2D eigenvalue weighted by atomic mass is 32.1. The summed E-state index contributed by atoms with van der Waals surface area (Å²) in [5.41, 5.74) is 2.45. The predicted molar refractivity (Wildman–Crippen MR) is 135 cm³/mol. The number of hydrogen-bond donors (Lipinski definition) is 2. The van der Waals surface area contributed by atoms with Crippen LogP contribution in [0.1, 0.15) is 60.8 Å². The molecule has 0 spiro atoms. The molecule has 1 atom stereocenters. The van der Waals surface area contributed by atoms with Crippen LogP contribution >= 0.6 is 11.3 Å². The molecule has 6 nitrogen and oxygen atoms in total. The molecule has 1 aromatic heterocycles. The second kappa shape index (κ2) is 10.7. The van der Waals surface area contributed by atoms with Crippen molar-refractivity contribution in [3.8, 4) is 5.75 Å². The van der Waals surface area contributed by atoms with Crippen LogP contribution in [0.4, 0.5) is 10.7 Å². The Labute approximate surface area is 200 Å². The van der Waals surface area contributed by atoms with Gasteiger partial charge in [0.25, 0.3) is 5.91 Å². The van der Waals surface area contributed by atoms with Gasteiger partial charge in [-0.3, -0.25) is 14.5 Å². The van der Waals surface area contributed by atoms with Crippen molar-refractivity contribution < 1.29 is 14.3 Å². The lowest BCUT2D eigenvalue weighted by Gasteiger charge is -2.29. The van der Waals surface area contributed by atoms with Gasteiger partial charge in [0.05, 0.1) is 18.7 Å². The van der Waals surface area contributed by atoms with Crippen molar-refractivity contribution in [1.29, 1.82) is 0 Å². The number of nitrogens with zero attached hydrogens (tertiary/aromatic N) is 1. The van der Waals surface area contributed by atoms with Crippen LogP contribution in [0.3, 0.4) is 0 Å². The number of ether oxygens (including phenoxy) is 1. The molecule has 4 rings (SSSR count). The summed E-state index contributed by atoms with van der Waals surface area (Å²) in [6.07, 6.45) is 5.16. The molecule has 2 N–H and O–H groups in total. The lowest BCUT2D eigenvalue weighted by atomic mass is 9.88. The predicted octanol–water partition coefficient (Wildman–Crippen LogP) is 5.19. The first-order valence-electron chi connectivity index (χ1n) is 12.1. The van der Waals surface area contributed by atoms with Crippen molar-refractivity contribution in [2.24, 2.45) is 11.8 Å². The van der Waals surface area contributed by atoms with Crippen molar-refractivity contribution in [2.45, 2.75) is 52.9 Å². The molecule has 1 aliphatic heterocycles. The Morgan fingerprint density at radius 3 is 2.48 bits per heavy atom. The summed E-state index contributed by atoms with van der Waals surface area (Å²) in [4.78, 5) is 29.7. The van der Waals surface area contributed by atoms with Crippen molar-refractivity contribution in [3.05, 3.63) is 40.3 Å². The summed E-state index contributed by atoms with van der Waals surface area (Å²) >= 11 is 1.57. The maximum Gasteiger partial charge on any atom is 0.258 e. The Kier molecular flexibility index (Phi) is 7.71. The average Bonchev–Trinajstić information content (AvgIpc) is 3.13. The number of nitrogens with one attached hydrogen (secondary N) is 2. The number of fused-ring (bicyclic) bond motifs is 1. The molecule has 0 saturated carbocycles. The van der Waals surface area contributed by atoms with Gasteiger partial charge in [-0.05, 0) is 93.8 Å². The van der Waals surface area contributed by atoms with Crippen LogP contribution < -0.4 is 15.4 Å². The molecule has 1 fully saturated rings. The number of carbonyl (C=O) groups excluding carboxylic acids is 2. The van der Waals surface area contributed by atoms with Crippen LogP contribution in [-0.2, 0) is 17.6 Å². The van der Waals surface area contributed by atoms with E-state index in [9.17, 15) is 9.59 Å². The van der Waals surface area contributed by atoms with E-state index >= 15 is 0 Å². The molecule has 1 saturated heterocycles. The number of anilines is 2. The number of carbonyl (C=O) groups is 2. The fourth-order valence-corrected chi connectivity index (χ4v) is 6.09. The highest BCUT2D eigenvalue weighted by molar-refractivity contribution is 7.17. The topological polar surface area (TPSA) is 70.7 Å². The molecule has 0 bridgehead atoms. The lowest BCUT2D eigenvalue weighted by molar-refractivity contribution is -0.117. The van der Waals surface area contributed by atoms with E-state index in [1.54, 1.807) is 11.3 Å². The van der Waals surface area contributed by atoms with E-state index in [2.05, 4.69) is 29.4 Å². The maximum atomic E-state index is 13.4. The first kappa shape index (κ1) is 23.8. The third kappa shape index (κ3) is 5.95. The molecular weight excluding hydrogens is 434 g/mol. The van der Waals surface area contributed by atoms with Crippen molar-refractivity contribution in [3.63, 3.8) is 0 Å². The molecule has 0 unspecified atom stereocenters. The number of amides is 2. The summed E-state index contributed by atoms with van der Waals surface area (Å²) in [5.74, 6) is 1.90. The van der Waals surface area contributed by atoms with Gasteiger partial charge in [-0.15, -0.1) is 11.3 Å². The zero-order chi connectivity index (χ0) is 23.4. The quantitative estimate of drug-likeness (QED) is 0.585. The Morgan fingerprint density at radius 2 is 1.79 bits per heavy atom. The van der Waals surface area contributed by atoms with Gasteiger partial charge < -0.3 is 15.4 Å². The molecular formula is C26H35N3O3S. The maximum absolute atomic E-state index is 13.4. The Bertz CT molecular complexity index is 977. The number of hydrogen-bond acceptors (Lipinski definition) is 5. The van der Waals surface area contributed by atoms with Gasteiger partial charge in [0.1, 0.15) is 10.8 Å². The first-order valence-corrected chi connectivity index (χ1v) is 13.0. The summed E-state index contributed by atoms with van der Waals surface area (Å²) in [5, 5.41) is 6.80. The summed E-state index contributed by atoms with van der Waals surface area (Å²) < 4.78 is 5.49. The second-order valence-electron chi connectivity index (χ2n) is 9.47. The van der Waals surface area contributed by atoms with E-state index in [0.717, 1.165) is 62.4 Å². The summed E-state index contributed by atoms with van der Waals surface area (Å²) in [7, 11) is 0. The monoisotopic (exact) mass is 469 g/mol. The molecule has 2 aromatic rings. The van der Waals surface area contributed by atoms with E-state index in [-0.39, 0.29) is 11.8 Å². The number of benzene rings is 1. The van der Waals surface area contributed by atoms with Gasteiger partial charge in [0.15, 0.2) is 0 Å².